The highest BCUT2D eigenvalue weighted by atomic mass is 35.5. The van der Waals surface area contributed by atoms with Crippen LogP contribution >= 0.6 is 23.4 Å². The van der Waals surface area contributed by atoms with E-state index in [1.165, 1.54) is 10.6 Å². The molecule has 1 unspecified atom stereocenters. The summed E-state index contributed by atoms with van der Waals surface area (Å²) in [6.07, 6.45) is 2.56. The molecule has 30 heavy (non-hydrogen) atoms. The number of amides is 1. The van der Waals surface area contributed by atoms with Crippen LogP contribution in [0, 0.1) is 0 Å². The number of rotatable bonds is 7. The predicted molar refractivity (Wildman–Crippen MR) is 124 cm³/mol. The average Bonchev–Trinajstić information content (AvgIpc) is 2.74. The third kappa shape index (κ3) is 6.00. The van der Waals surface area contributed by atoms with Gasteiger partial charge in [0.05, 0.1) is 17.3 Å². The van der Waals surface area contributed by atoms with Gasteiger partial charge in [-0.25, -0.2) is 12.7 Å². The van der Waals surface area contributed by atoms with Gasteiger partial charge in [-0.15, -0.1) is 11.8 Å². The lowest BCUT2D eigenvalue weighted by Gasteiger charge is -2.35. The zero-order valence-corrected chi connectivity index (χ0v) is 19.6. The second-order valence-corrected chi connectivity index (χ2v) is 11.1. The maximum atomic E-state index is 12.8. The van der Waals surface area contributed by atoms with Crippen molar-refractivity contribution in [2.24, 2.45) is 0 Å². The van der Waals surface area contributed by atoms with Gasteiger partial charge in [-0.2, -0.15) is 0 Å². The van der Waals surface area contributed by atoms with E-state index in [4.69, 9.17) is 11.6 Å². The van der Waals surface area contributed by atoms with Crippen molar-refractivity contribution in [3.05, 3.63) is 70.7 Å². The number of likely N-dealkylation sites (tertiary alicyclic amines) is 1. The summed E-state index contributed by atoms with van der Waals surface area (Å²) in [5.41, 5.74) is 2.25. The van der Waals surface area contributed by atoms with Crippen molar-refractivity contribution >= 4 is 39.3 Å². The van der Waals surface area contributed by atoms with Crippen LogP contribution in [0.15, 0.2) is 54.6 Å². The lowest BCUT2D eigenvalue weighted by atomic mass is 10.0. The molecule has 2 aromatic rings. The molecule has 0 saturated carbocycles. The van der Waals surface area contributed by atoms with Crippen LogP contribution in [0.1, 0.15) is 29.2 Å². The van der Waals surface area contributed by atoms with Gasteiger partial charge in [0.15, 0.2) is 0 Å². The monoisotopic (exact) mass is 466 g/mol. The van der Waals surface area contributed by atoms with Gasteiger partial charge in [-0.05, 0) is 36.1 Å². The first-order valence-corrected chi connectivity index (χ1v) is 13.2. The maximum Gasteiger partial charge on any atom is 0.232 e. The third-order valence-electron chi connectivity index (χ3n) is 5.50. The summed E-state index contributed by atoms with van der Waals surface area (Å²) in [6.45, 7) is 1.17. The normalized spacial score (nSPS) is 16.6. The number of nitrogens with zero attached hydrogens (tertiary/aromatic N) is 2. The van der Waals surface area contributed by atoms with Gasteiger partial charge in [-0.1, -0.05) is 54.1 Å². The maximum absolute atomic E-state index is 12.8. The molecule has 0 N–H and O–H groups in total. The van der Waals surface area contributed by atoms with E-state index in [0.717, 1.165) is 11.1 Å². The summed E-state index contributed by atoms with van der Waals surface area (Å²) in [5.74, 6) is 0.463. The summed E-state index contributed by atoms with van der Waals surface area (Å²) in [5, 5.41) is 0.731. The summed E-state index contributed by atoms with van der Waals surface area (Å²) in [6, 6.07) is 17.9. The fraction of sp³-hybridized carbons (Fsp3) is 0.409. The first kappa shape index (κ1) is 23.1. The Morgan fingerprint density at radius 1 is 1.10 bits per heavy atom. The highest BCUT2D eigenvalue weighted by Crippen LogP contribution is 2.36. The Morgan fingerprint density at radius 2 is 1.67 bits per heavy atom. The summed E-state index contributed by atoms with van der Waals surface area (Å²) in [7, 11) is -1.59. The molecule has 1 saturated heterocycles. The van der Waals surface area contributed by atoms with E-state index in [9.17, 15) is 13.2 Å². The SMILES string of the molecule is CN(C1CCN(C(=O)CSC(c2ccccc2)c2ccc(Cl)cc2)CC1)S(C)(=O)=O. The number of thioether (sulfide) groups is 1. The smallest absolute Gasteiger partial charge is 0.232 e. The number of hydrogen-bond donors (Lipinski definition) is 0. The van der Waals surface area contributed by atoms with Gasteiger partial charge in [0.25, 0.3) is 0 Å². The standard InChI is InChI=1S/C22H27ClN2O3S2/c1-24(30(2,27)28)20-12-14-25(15-13-20)21(26)16-29-22(17-6-4-3-5-7-17)18-8-10-19(23)11-9-18/h3-11,20,22H,12-16H2,1-2H3. The topological polar surface area (TPSA) is 57.7 Å². The zero-order valence-electron chi connectivity index (χ0n) is 17.2. The van der Waals surface area contributed by atoms with Gasteiger partial charge >= 0.3 is 0 Å². The van der Waals surface area contributed by atoms with E-state index in [1.54, 1.807) is 18.8 Å². The Balaban J connectivity index is 1.62. The van der Waals surface area contributed by atoms with E-state index < -0.39 is 10.0 Å². The van der Waals surface area contributed by atoms with E-state index >= 15 is 0 Å². The largest absolute Gasteiger partial charge is 0.342 e. The van der Waals surface area contributed by atoms with Crippen LogP contribution in [0.5, 0.6) is 0 Å². The molecule has 0 aliphatic carbocycles. The zero-order chi connectivity index (χ0) is 21.7. The van der Waals surface area contributed by atoms with Crippen LogP contribution in [0.25, 0.3) is 0 Å². The van der Waals surface area contributed by atoms with E-state index in [0.29, 0.717) is 36.7 Å². The third-order valence-corrected chi connectivity index (χ3v) is 8.39. The molecule has 1 amide bonds. The second kappa shape index (κ2) is 10.2. The number of carbonyl (C=O) groups is 1. The van der Waals surface area contributed by atoms with Crippen molar-refractivity contribution in [3.63, 3.8) is 0 Å². The first-order chi connectivity index (χ1) is 14.3. The first-order valence-electron chi connectivity index (χ1n) is 9.88. The van der Waals surface area contributed by atoms with Crippen molar-refractivity contribution < 1.29 is 13.2 Å². The minimum absolute atomic E-state index is 0.0390. The van der Waals surface area contributed by atoms with Crippen LogP contribution in [-0.2, 0) is 14.8 Å². The molecule has 1 aliphatic heterocycles. The molecule has 162 valence electrons. The van der Waals surface area contributed by atoms with Crippen LogP contribution in [0.3, 0.4) is 0 Å². The van der Waals surface area contributed by atoms with Crippen LogP contribution in [-0.4, -0.2) is 61.7 Å². The molecule has 5 nitrogen and oxygen atoms in total. The molecule has 1 atom stereocenters. The van der Waals surface area contributed by atoms with Gasteiger partial charge < -0.3 is 4.90 Å². The number of hydrogen-bond acceptors (Lipinski definition) is 4. The number of benzene rings is 2. The Hall–Kier alpha value is -1.54. The van der Waals surface area contributed by atoms with Crippen molar-refractivity contribution in [3.8, 4) is 0 Å². The van der Waals surface area contributed by atoms with Crippen molar-refractivity contribution in [2.45, 2.75) is 24.1 Å². The molecule has 8 heteroatoms. The van der Waals surface area contributed by atoms with Gasteiger partial charge in [0.1, 0.15) is 0 Å². The van der Waals surface area contributed by atoms with Crippen LogP contribution < -0.4 is 0 Å². The number of carbonyl (C=O) groups excluding carboxylic acids is 1. The summed E-state index contributed by atoms with van der Waals surface area (Å²) in [4.78, 5) is 14.7. The molecular weight excluding hydrogens is 440 g/mol. The van der Waals surface area contributed by atoms with Crippen molar-refractivity contribution in [2.75, 3.05) is 32.1 Å². The molecule has 1 fully saturated rings. The summed E-state index contributed by atoms with van der Waals surface area (Å²) < 4.78 is 24.9. The predicted octanol–water partition coefficient (Wildman–Crippen LogP) is 4.05. The molecule has 0 aromatic heterocycles. The number of piperidine rings is 1. The van der Waals surface area contributed by atoms with E-state index in [1.807, 2.05) is 47.4 Å². The fourth-order valence-electron chi connectivity index (χ4n) is 3.65. The Kier molecular flexibility index (Phi) is 7.85. The van der Waals surface area contributed by atoms with Gasteiger partial charge in [0, 0.05) is 31.2 Å². The lowest BCUT2D eigenvalue weighted by Crippen LogP contribution is -2.47. The fourth-order valence-corrected chi connectivity index (χ4v) is 5.72. The van der Waals surface area contributed by atoms with E-state index in [2.05, 4.69) is 12.1 Å². The van der Waals surface area contributed by atoms with Crippen molar-refractivity contribution in [1.82, 2.24) is 9.21 Å². The van der Waals surface area contributed by atoms with Crippen LogP contribution in [0.4, 0.5) is 0 Å². The molecule has 1 aliphatic rings. The minimum Gasteiger partial charge on any atom is -0.342 e. The number of halogens is 1. The molecule has 0 spiro atoms. The van der Waals surface area contributed by atoms with Gasteiger partial charge in [0.2, 0.25) is 15.9 Å². The lowest BCUT2D eigenvalue weighted by molar-refractivity contribution is -0.129. The summed E-state index contributed by atoms with van der Waals surface area (Å²) >= 11 is 7.65. The van der Waals surface area contributed by atoms with Crippen molar-refractivity contribution in [1.29, 1.82) is 0 Å². The quantitative estimate of drug-likeness (QED) is 0.617. The van der Waals surface area contributed by atoms with E-state index in [-0.39, 0.29) is 17.2 Å². The average molecular weight is 467 g/mol. The minimum atomic E-state index is -3.21. The molecule has 0 bridgehead atoms. The molecule has 1 heterocycles. The molecule has 3 rings (SSSR count). The Morgan fingerprint density at radius 3 is 2.23 bits per heavy atom. The molecular formula is C22H27ClN2O3S2. The van der Waals surface area contributed by atoms with Crippen LogP contribution in [0.2, 0.25) is 5.02 Å². The number of sulfonamides is 1. The molecule has 0 radical (unpaired) electrons. The van der Waals surface area contributed by atoms with Gasteiger partial charge in [-0.3, -0.25) is 4.79 Å². The second-order valence-electron chi connectivity index (χ2n) is 7.54. The highest BCUT2D eigenvalue weighted by molar-refractivity contribution is 8.00. The Labute approximate surface area is 188 Å². The highest BCUT2D eigenvalue weighted by Gasteiger charge is 2.29. The Bertz CT molecular complexity index is 944. The molecule has 2 aromatic carbocycles.